The third-order valence-corrected chi connectivity index (χ3v) is 6.18. The van der Waals surface area contributed by atoms with E-state index in [9.17, 15) is 14.7 Å². The Morgan fingerprint density at radius 1 is 0.973 bits per heavy atom. The van der Waals surface area contributed by atoms with E-state index in [1.165, 1.54) is 12.0 Å². The summed E-state index contributed by atoms with van der Waals surface area (Å²) in [5.74, 6) is 0.256. The van der Waals surface area contributed by atoms with Crippen molar-refractivity contribution in [2.45, 2.75) is 26.0 Å². The molecule has 37 heavy (non-hydrogen) atoms. The SMILES string of the molecule is COc1ccccc1C1/C(=C(\O)c2ccc3c(c2)OCCO3)C(=O)C(=O)N1c1ccc(OC(C)C)cc1. The maximum Gasteiger partial charge on any atom is 0.300 e. The number of ether oxygens (including phenoxy) is 4. The van der Waals surface area contributed by atoms with Crippen LogP contribution in [-0.4, -0.2) is 43.2 Å². The molecular weight excluding hydrogens is 474 g/mol. The molecule has 0 spiro atoms. The van der Waals surface area contributed by atoms with Crippen molar-refractivity contribution < 1.29 is 33.6 Å². The second-order valence-electron chi connectivity index (χ2n) is 8.93. The van der Waals surface area contributed by atoms with Crippen molar-refractivity contribution in [3.05, 3.63) is 83.4 Å². The quantitative estimate of drug-likeness (QED) is 0.292. The first kappa shape index (κ1) is 24.2. The third kappa shape index (κ3) is 4.46. The number of para-hydroxylation sites is 1. The van der Waals surface area contributed by atoms with E-state index in [4.69, 9.17) is 18.9 Å². The van der Waals surface area contributed by atoms with Gasteiger partial charge in [0.2, 0.25) is 0 Å². The van der Waals surface area contributed by atoms with E-state index in [1.807, 2.05) is 13.8 Å². The zero-order chi connectivity index (χ0) is 26.1. The van der Waals surface area contributed by atoms with Gasteiger partial charge in [-0.3, -0.25) is 14.5 Å². The number of amides is 1. The lowest BCUT2D eigenvalue weighted by molar-refractivity contribution is -0.132. The summed E-state index contributed by atoms with van der Waals surface area (Å²) in [6, 6.07) is 18.0. The summed E-state index contributed by atoms with van der Waals surface area (Å²) in [6.45, 7) is 4.65. The minimum absolute atomic E-state index is 0.0142. The van der Waals surface area contributed by atoms with E-state index in [0.717, 1.165) is 0 Å². The van der Waals surface area contributed by atoms with Gasteiger partial charge in [-0.15, -0.1) is 0 Å². The van der Waals surface area contributed by atoms with Crippen molar-refractivity contribution in [3.8, 4) is 23.0 Å². The molecule has 0 saturated carbocycles. The van der Waals surface area contributed by atoms with Gasteiger partial charge in [0, 0.05) is 16.8 Å². The van der Waals surface area contributed by atoms with Crippen LogP contribution in [-0.2, 0) is 9.59 Å². The van der Waals surface area contributed by atoms with E-state index in [2.05, 4.69) is 0 Å². The zero-order valence-corrected chi connectivity index (χ0v) is 20.8. The molecule has 1 unspecified atom stereocenters. The summed E-state index contributed by atoms with van der Waals surface area (Å²) < 4.78 is 22.5. The van der Waals surface area contributed by atoms with Gasteiger partial charge in [0.05, 0.1) is 24.8 Å². The van der Waals surface area contributed by atoms with Crippen LogP contribution in [0.25, 0.3) is 5.76 Å². The maximum absolute atomic E-state index is 13.5. The fraction of sp³-hybridized carbons (Fsp3) is 0.241. The minimum Gasteiger partial charge on any atom is -0.507 e. The molecular formula is C29H27NO7. The number of methoxy groups -OCH3 is 1. The highest BCUT2D eigenvalue weighted by molar-refractivity contribution is 6.51. The molecule has 1 atom stereocenters. The van der Waals surface area contributed by atoms with Crippen LogP contribution in [0.15, 0.2) is 72.3 Å². The number of hydrogen-bond donors (Lipinski definition) is 1. The first-order valence-corrected chi connectivity index (χ1v) is 12.0. The number of carbonyl (C=O) groups excluding carboxylic acids is 2. The Morgan fingerprint density at radius 3 is 2.38 bits per heavy atom. The molecule has 1 fully saturated rings. The zero-order valence-electron chi connectivity index (χ0n) is 20.8. The number of benzene rings is 3. The molecule has 1 amide bonds. The third-order valence-electron chi connectivity index (χ3n) is 6.18. The summed E-state index contributed by atoms with van der Waals surface area (Å²) in [5, 5.41) is 11.4. The standard InChI is InChI=1S/C29H27NO7/c1-17(2)37-20-11-9-19(10-12-20)30-26(21-6-4-5-7-22(21)34-3)25(28(32)29(30)33)27(31)18-8-13-23-24(16-18)36-15-14-35-23/h4-13,16-17,26,31H,14-15H2,1-3H3/b27-25+. The Kier molecular flexibility index (Phi) is 6.48. The number of Topliss-reactive ketones (excluding diaryl/α,β-unsaturated/α-hetero) is 1. The van der Waals surface area contributed by atoms with Gasteiger partial charge >= 0.3 is 0 Å². The number of fused-ring (bicyclic) bond motifs is 1. The smallest absolute Gasteiger partial charge is 0.300 e. The number of anilines is 1. The van der Waals surface area contributed by atoms with Gasteiger partial charge in [-0.1, -0.05) is 18.2 Å². The molecule has 0 bridgehead atoms. The van der Waals surface area contributed by atoms with Crippen LogP contribution < -0.4 is 23.8 Å². The van der Waals surface area contributed by atoms with Crippen LogP contribution >= 0.6 is 0 Å². The molecule has 3 aromatic carbocycles. The van der Waals surface area contributed by atoms with E-state index < -0.39 is 17.7 Å². The van der Waals surface area contributed by atoms with Crippen molar-refractivity contribution in [1.29, 1.82) is 0 Å². The average Bonchev–Trinajstić information content (AvgIpc) is 3.18. The van der Waals surface area contributed by atoms with Crippen molar-refractivity contribution in [2.24, 2.45) is 0 Å². The highest BCUT2D eigenvalue weighted by Gasteiger charge is 2.48. The molecule has 2 aliphatic heterocycles. The largest absolute Gasteiger partial charge is 0.507 e. The molecule has 2 heterocycles. The molecule has 0 aromatic heterocycles. The van der Waals surface area contributed by atoms with Crippen molar-refractivity contribution in [2.75, 3.05) is 25.2 Å². The lowest BCUT2D eigenvalue weighted by Gasteiger charge is -2.27. The molecule has 1 saturated heterocycles. The van der Waals surface area contributed by atoms with Crippen LogP contribution in [0.1, 0.15) is 31.0 Å². The summed E-state index contributed by atoms with van der Waals surface area (Å²) in [5.41, 5.74) is 1.33. The van der Waals surface area contributed by atoms with E-state index in [1.54, 1.807) is 66.7 Å². The summed E-state index contributed by atoms with van der Waals surface area (Å²) >= 11 is 0. The highest BCUT2D eigenvalue weighted by atomic mass is 16.6. The van der Waals surface area contributed by atoms with Gasteiger partial charge in [0.15, 0.2) is 11.5 Å². The van der Waals surface area contributed by atoms with Crippen LogP contribution in [0, 0.1) is 0 Å². The minimum atomic E-state index is -0.929. The normalized spacial score (nSPS) is 18.3. The van der Waals surface area contributed by atoms with Crippen LogP contribution in [0.3, 0.4) is 0 Å². The molecule has 1 N–H and O–H groups in total. The number of nitrogens with zero attached hydrogens (tertiary/aromatic N) is 1. The number of aliphatic hydroxyl groups excluding tert-OH is 1. The Bertz CT molecular complexity index is 1380. The van der Waals surface area contributed by atoms with E-state index in [0.29, 0.717) is 53.0 Å². The van der Waals surface area contributed by atoms with Gasteiger partial charge in [0.1, 0.15) is 30.5 Å². The average molecular weight is 502 g/mol. The van der Waals surface area contributed by atoms with Gasteiger partial charge < -0.3 is 24.1 Å². The Morgan fingerprint density at radius 2 is 1.68 bits per heavy atom. The van der Waals surface area contributed by atoms with Gasteiger partial charge in [0.25, 0.3) is 11.7 Å². The first-order chi connectivity index (χ1) is 17.9. The lowest BCUT2D eigenvalue weighted by atomic mass is 9.94. The lowest BCUT2D eigenvalue weighted by Crippen LogP contribution is -2.29. The number of ketones is 1. The van der Waals surface area contributed by atoms with Crippen molar-refractivity contribution in [1.82, 2.24) is 0 Å². The van der Waals surface area contributed by atoms with Gasteiger partial charge in [-0.2, -0.15) is 0 Å². The van der Waals surface area contributed by atoms with Crippen LogP contribution in [0.2, 0.25) is 0 Å². The van der Waals surface area contributed by atoms with Crippen molar-refractivity contribution >= 4 is 23.1 Å². The highest BCUT2D eigenvalue weighted by Crippen LogP contribution is 2.45. The maximum atomic E-state index is 13.5. The second kappa shape index (κ2) is 9.89. The fourth-order valence-corrected chi connectivity index (χ4v) is 4.59. The summed E-state index contributed by atoms with van der Waals surface area (Å²) in [6.07, 6.45) is -0.0142. The number of aliphatic hydroxyl groups is 1. The Hall–Kier alpha value is -4.46. The van der Waals surface area contributed by atoms with Gasteiger partial charge in [-0.25, -0.2) is 0 Å². The molecule has 0 radical (unpaired) electrons. The predicted octanol–water partition coefficient (Wildman–Crippen LogP) is 4.88. The van der Waals surface area contributed by atoms with Crippen LogP contribution in [0.4, 0.5) is 5.69 Å². The Labute approximate surface area is 214 Å². The number of hydrogen-bond acceptors (Lipinski definition) is 7. The summed E-state index contributed by atoms with van der Waals surface area (Å²) in [4.78, 5) is 28.3. The molecule has 2 aliphatic rings. The molecule has 0 aliphatic carbocycles. The van der Waals surface area contributed by atoms with Crippen LogP contribution in [0.5, 0.6) is 23.0 Å². The topological polar surface area (TPSA) is 94.5 Å². The predicted molar refractivity (Wildman–Crippen MR) is 137 cm³/mol. The summed E-state index contributed by atoms with van der Waals surface area (Å²) in [7, 11) is 1.52. The molecule has 8 heteroatoms. The molecule has 5 rings (SSSR count). The second-order valence-corrected chi connectivity index (χ2v) is 8.93. The number of rotatable bonds is 6. The monoisotopic (exact) mass is 501 g/mol. The number of carbonyl (C=O) groups is 2. The van der Waals surface area contributed by atoms with E-state index >= 15 is 0 Å². The first-order valence-electron chi connectivity index (χ1n) is 12.0. The molecule has 3 aromatic rings. The molecule has 8 nitrogen and oxygen atoms in total. The Balaban J connectivity index is 1.66. The van der Waals surface area contributed by atoms with Gasteiger partial charge in [-0.05, 0) is 62.4 Å². The molecule has 190 valence electrons. The van der Waals surface area contributed by atoms with E-state index in [-0.39, 0.29) is 17.4 Å². The van der Waals surface area contributed by atoms with Crippen molar-refractivity contribution in [3.63, 3.8) is 0 Å². The fourth-order valence-electron chi connectivity index (χ4n) is 4.59.